The largest absolute Gasteiger partial charge is 0.331 e. The number of sulfone groups is 1. The topological polar surface area (TPSA) is 66.5 Å². The first-order valence-corrected chi connectivity index (χ1v) is 9.80. The Balaban J connectivity index is 2.08. The molecule has 7 heteroatoms. The smallest absolute Gasteiger partial charge is 0.318 e. The van der Waals surface area contributed by atoms with Crippen molar-refractivity contribution in [1.29, 1.82) is 0 Å². The molecule has 0 aliphatic heterocycles. The third kappa shape index (κ3) is 4.43. The van der Waals surface area contributed by atoms with Gasteiger partial charge in [0.1, 0.15) is 15.7 Å². The van der Waals surface area contributed by atoms with Gasteiger partial charge in [-0.15, -0.1) is 0 Å². The first kappa shape index (κ1) is 17.7. The van der Waals surface area contributed by atoms with Crippen LogP contribution in [0.3, 0.4) is 0 Å². The molecule has 2 atom stereocenters. The number of carbonyl (C=O) groups is 1. The molecule has 0 saturated carbocycles. The summed E-state index contributed by atoms with van der Waals surface area (Å²) in [6.45, 7) is 3.93. The molecule has 0 bridgehead atoms. The Morgan fingerprint density at radius 3 is 2.78 bits per heavy atom. The zero-order valence-electron chi connectivity index (χ0n) is 13.7. The van der Waals surface area contributed by atoms with Crippen LogP contribution >= 0.6 is 0 Å². The summed E-state index contributed by atoms with van der Waals surface area (Å²) in [5.41, 5.74) is 1.86. The van der Waals surface area contributed by atoms with Gasteiger partial charge in [-0.05, 0) is 49.9 Å². The highest BCUT2D eigenvalue weighted by Crippen LogP contribution is 2.31. The van der Waals surface area contributed by atoms with Gasteiger partial charge in [-0.2, -0.15) is 0 Å². The van der Waals surface area contributed by atoms with Crippen LogP contribution in [0.2, 0.25) is 0 Å². The predicted octanol–water partition coefficient (Wildman–Crippen LogP) is 2.28. The van der Waals surface area contributed by atoms with Gasteiger partial charge < -0.3 is 10.2 Å². The van der Waals surface area contributed by atoms with Crippen LogP contribution in [-0.2, 0) is 16.3 Å². The van der Waals surface area contributed by atoms with Crippen LogP contribution in [0.1, 0.15) is 37.4 Å². The highest BCUT2D eigenvalue weighted by molar-refractivity contribution is 7.90. The second-order valence-corrected chi connectivity index (χ2v) is 8.30. The number of hydrogen-bond donors (Lipinski definition) is 1. The lowest BCUT2D eigenvalue weighted by Gasteiger charge is -2.29. The van der Waals surface area contributed by atoms with Crippen molar-refractivity contribution >= 4 is 15.9 Å². The summed E-state index contributed by atoms with van der Waals surface area (Å²) in [4.78, 5) is 14.0. The second-order valence-electron chi connectivity index (χ2n) is 6.11. The highest BCUT2D eigenvalue weighted by atomic mass is 32.2. The number of hydrogen-bond acceptors (Lipinski definition) is 3. The maximum absolute atomic E-state index is 13.4. The van der Waals surface area contributed by atoms with Crippen molar-refractivity contribution in [3.63, 3.8) is 0 Å². The lowest BCUT2D eigenvalue weighted by atomic mass is 10.1. The minimum absolute atomic E-state index is 0.0792. The van der Waals surface area contributed by atoms with Crippen molar-refractivity contribution in [3.05, 3.63) is 35.1 Å². The number of nitrogens with one attached hydrogen (secondary N) is 1. The third-order valence-electron chi connectivity index (χ3n) is 4.16. The third-order valence-corrected chi connectivity index (χ3v) is 5.25. The molecule has 2 rings (SSSR count). The quantitative estimate of drug-likeness (QED) is 0.893. The molecule has 1 aromatic carbocycles. The molecule has 2 amide bonds. The molecule has 0 spiro atoms. The Labute approximate surface area is 136 Å². The van der Waals surface area contributed by atoms with Crippen LogP contribution in [0.25, 0.3) is 0 Å². The van der Waals surface area contributed by atoms with Crippen molar-refractivity contribution in [2.24, 2.45) is 0 Å². The Morgan fingerprint density at radius 1 is 1.48 bits per heavy atom. The molecule has 128 valence electrons. The fraction of sp³-hybridized carbons (Fsp3) is 0.562. The maximum atomic E-state index is 13.4. The molecule has 5 nitrogen and oxygen atoms in total. The average Bonchev–Trinajstić information content (AvgIpc) is 2.80. The number of benzene rings is 1. The van der Waals surface area contributed by atoms with E-state index in [2.05, 4.69) is 5.32 Å². The number of nitrogens with zero attached hydrogens (tertiary/aromatic N) is 1. The van der Waals surface area contributed by atoms with Crippen LogP contribution in [0.4, 0.5) is 9.18 Å². The van der Waals surface area contributed by atoms with E-state index in [1.165, 1.54) is 17.0 Å². The Morgan fingerprint density at radius 2 is 2.17 bits per heavy atom. The molecule has 0 saturated heterocycles. The van der Waals surface area contributed by atoms with E-state index in [-0.39, 0.29) is 23.6 Å². The summed E-state index contributed by atoms with van der Waals surface area (Å²) in [7, 11) is -3.16. The first-order valence-electron chi connectivity index (χ1n) is 7.74. The molecule has 0 fully saturated rings. The lowest BCUT2D eigenvalue weighted by Crippen LogP contribution is -2.48. The van der Waals surface area contributed by atoms with Gasteiger partial charge in [0.2, 0.25) is 0 Å². The number of amides is 2. The van der Waals surface area contributed by atoms with Gasteiger partial charge >= 0.3 is 6.03 Å². The van der Waals surface area contributed by atoms with Gasteiger partial charge in [-0.1, -0.05) is 6.07 Å². The fourth-order valence-electron chi connectivity index (χ4n) is 3.14. The van der Waals surface area contributed by atoms with E-state index in [1.54, 1.807) is 19.9 Å². The Kier molecular flexibility index (Phi) is 5.29. The molecular formula is C16H23FN2O3S. The Hall–Kier alpha value is -1.63. The summed E-state index contributed by atoms with van der Waals surface area (Å²) in [6.07, 6.45) is 2.68. The molecule has 0 unspecified atom stereocenters. The van der Waals surface area contributed by atoms with Crippen molar-refractivity contribution in [2.45, 2.75) is 38.8 Å². The number of halogens is 1. The number of rotatable bonds is 5. The van der Waals surface area contributed by atoms with Crippen molar-refractivity contribution in [1.82, 2.24) is 10.2 Å². The van der Waals surface area contributed by atoms with E-state index in [1.807, 2.05) is 0 Å². The summed E-state index contributed by atoms with van der Waals surface area (Å²) in [6, 6.07) is 3.68. The summed E-state index contributed by atoms with van der Waals surface area (Å²) in [5, 5.41) is 2.91. The SMILES string of the molecule is CCN(C(=O)N[C@H]1CCc2ccc(F)cc21)[C@H](C)CS(C)(=O)=O. The lowest BCUT2D eigenvalue weighted by molar-refractivity contribution is 0.183. The number of fused-ring (bicyclic) bond motifs is 1. The normalized spacial score (nSPS) is 18.3. The minimum atomic E-state index is -3.16. The molecule has 23 heavy (non-hydrogen) atoms. The first-order chi connectivity index (χ1) is 10.7. The number of urea groups is 1. The number of carbonyl (C=O) groups excluding carboxylic acids is 1. The van der Waals surface area contributed by atoms with Crippen LogP contribution in [0.5, 0.6) is 0 Å². The standard InChI is InChI=1S/C16H23FN2O3S/c1-4-19(11(2)10-23(3,21)22)16(20)18-15-8-6-12-5-7-13(17)9-14(12)15/h5,7,9,11,15H,4,6,8,10H2,1-3H3,(H,18,20)/t11-,15+/m1/s1. The van der Waals surface area contributed by atoms with Gasteiger partial charge in [-0.3, -0.25) is 0 Å². The Bertz CT molecular complexity index is 691. The van der Waals surface area contributed by atoms with Gasteiger partial charge in [-0.25, -0.2) is 17.6 Å². The highest BCUT2D eigenvalue weighted by Gasteiger charge is 2.28. The summed E-state index contributed by atoms with van der Waals surface area (Å²) >= 11 is 0. The fourth-order valence-corrected chi connectivity index (χ4v) is 4.19. The monoisotopic (exact) mass is 342 g/mol. The summed E-state index contributed by atoms with van der Waals surface area (Å²) < 4.78 is 36.3. The maximum Gasteiger partial charge on any atom is 0.318 e. The van der Waals surface area contributed by atoms with Gasteiger partial charge in [0.25, 0.3) is 0 Å². The van der Waals surface area contributed by atoms with Crippen LogP contribution in [-0.4, -0.2) is 43.9 Å². The summed E-state index contributed by atoms with van der Waals surface area (Å²) in [5.74, 6) is -0.396. The molecule has 1 aliphatic carbocycles. The van der Waals surface area contributed by atoms with E-state index in [0.29, 0.717) is 6.54 Å². The van der Waals surface area contributed by atoms with E-state index in [9.17, 15) is 17.6 Å². The van der Waals surface area contributed by atoms with Gasteiger partial charge in [0.15, 0.2) is 0 Å². The number of aryl methyl sites for hydroxylation is 1. The van der Waals surface area contributed by atoms with Crippen LogP contribution in [0, 0.1) is 5.82 Å². The van der Waals surface area contributed by atoms with Crippen molar-refractivity contribution < 1.29 is 17.6 Å². The minimum Gasteiger partial charge on any atom is -0.331 e. The molecule has 1 aromatic rings. The zero-order chi connectivity index (χ0) is 17.2. The molecule has 0 aromatic heterocycles. The van der Waals surface area contributed by atoms with E-state index in [0.717, 1.165) is 30.2 Å². The molecule has 1 N–H and O–H groups in total. The van der Waals surface area contributed by atoms with Crippen molar-refractivity contribution in [2.75, 3.05) is 18.6 Å². The second kappa shape index (κ2) is 6.86. The van der Waals surface area contributed by atoms with E-state index in [4.69, 9.17) is 0 Å². The molecular weight excluding hydrogens is 319 g/mol. The molecule has 0 heterocycles. The molecule has 1 aliphatic rings. The molecule has 0 radical (unpaired) electrons. The van der Waals surface area contributed by atoms with Gasteiger partial charge in [0.05, 0.1) is 11.8 Å². The van der Waals surface area contributed by atoms with E-state index < -0.39 is 15.9 Å². The predicted molar refractivity (Wildman–Crippen MR) is 87.5 cm³/mol. The zero-order valence-corrected chi connectivity index (χ0v) is 14.5. The van der Waals surface area contributed by atoms with Crippen molar-refractivity contribution in [3.8, 4) is 0 Å². The van der Waals surface area contributed by atoms with Crippen LogP contribution < -0.4 is 5.32 Å². The van der Waals surface area contributed by atoms with E-state index >= 15 is 0 Å². The van der Waals surface area contributed by atoms with Gasteiger partial charge in [0, 0.05) is 18.8 Å². The van der Waals surface area contributed by atoms with Crippen LogP contribution in [0.15, 0.2) is 18.2 Å². The average molecular weight is 342 g/mol.